The van der Waals surface area contributed by atoms with Gasteiger partial charge in [0.25, 0.3) is 5.91 Å². The van der Waals surface area contributed by atoms with Gasteiger partial charge in [0.1, 0.15) is 17.9 Å². The SMILES string of the molecule is O=C(NNc1ncnc2c1cnn2-c1ccc(F)cc1)c1cccc(O)c1. The first-order valence-corrected chi connectivity index (χ1v) is 7.92. The average Bonchev–Trinajstić information content (AvgIpc) is 3.11. The van der Waals surface area contributed by atoms with Gasteiger partial charge in [-0.25, -0.2) is 19.0 Å². The Balaban J connectivity index is 1.60. The molecule has 27 heavy (non-hydrogen) atoms. The molecule has 134 valence electrons. The molecule has 1 amide bonds. The number of hydrogen-bond acceptors (Lipinski definition) is 6. The number of nitrogens with zero attached hydrogens (tertiary/aromatic N) is 4. The number of carbonyl (C=O) groups excluding carboxylic acids is 1. The zero-order valence-electron chi connectivity index (χ0n) is 13.8. The van der Waals surface area contributed by atoms with Gasteiger partial charge in [-0.1, -0.05) is 6.07 Å². The van der Waals surface area contributed by atoms with Gasteiger partial charge in [0.15, 0.2) is 11.5 Å². The smallest absolute Gasteiger partial charge is 0.269 e. The van der Waals surface area contributed by atoms with Crippen molar-refractivity contribution in [2.24, 2.45) is 0 Å². The van der Waals surface area contributed by atoms with Gasteiger partial charge in [-0.15, -0.1) is 0 Å². The largest absolute Gasteiger partial charge is 0.508 e. The van der Waals surface area contributed by atoms with Crippen LogP contribution in [-0.2, 0) is 0 Å². The van der Waals surface area contributed by atoms with Crippen LogP contribution in [0.2, 0.25) is 0 Å². The quantitative estimate of drug-likeness (QED) is 0.480. The first-order valence-electron chi connectivity index (χ1n) is 7.92. The van der Waals surface area contributed by atoms with Crippen molar-refractivity contribution in [1.82, 2.24) is 25.2 Å². The molecule has 8 nitrogen and oxygen atoms in total. The van der Waals surface area contributed by atoms with Gasteiger partial charge >= 0.3 is 0 Å². The number of aromatic hydroxyl groups is 1. The number of phenols is 1. The molecule has 0 aliphatic heterocycles. The van der Waals surface area contributed by atoms with Crippen LogP contribution >= 0.6 is 0 Å². The van der Waals surface area contributed by atoms with Crippen LogP contribution in [0, 0.1) is 5.82 Å². The van der Waals surface area contributed by atoms with Crippen molar-refractivity contribution >= 4 is 22.8 Å². The van der Waals surface area contributed by atoms with E-state index in [4.69, 9.17) is 0 Å². The Morgan fingerprint density at radius 2 is 1.93 bits per heavy atom. The number of nitrogens with one attached hydrogen (secondary N) is 2. The number of carbonyl (C=O) groups is 1. The second-order valence-electron chi connectivity index (χ2n) is 5.62. The summed E-state index contributed by atoms with van der Waals surface area (Å²) in [7, 11) is 0. The van der Waals surface area contributed by atoms with Crippen molar-refractivity contribution in [2.45, 2.75) is 0 Å². The summed E-state index contributed by atoms with van der Waals surface area (Å²) in [6.45, 7) is 0. The Morgan fingerprint density at radius 1 is 1.11 bits per heavy atom. The van der Waals surface area contributed by atoms with E-state index >= 15 is 0 Å². The number of rotatable bonds is 4. The Bertz CT molecular complexity index is 1130. The van der Waals surface area contributed by atoms with E-state index in [1.165, 1.54) is 30.6 Å². The number of aromatic nitrogens is 4. The van der Waals surface area contributed by atoms with Crippen molar-refractivity contribution < 1.29 is 14.3 Å². The highest BCUT2D eigenvalue weighted by Gasteiger charge is 2.12. The molecule has 2 heterocycles. The fourth-order valence-corrected chi connectivity index (χ4v) is 2.55. The third kappa shape index (κ3) is 3.25. The van der Waals surface area contributed by atoms with E-state index in [1.807, 2.05) is 0 Å². The van der Waals surface area contributed by atoms with E-state index in [9.17, 15) is 14.3 Å². The molecule has 2 aromatic carbocycles. The summed E-state index contributed by atoms with van der Waals surface area (Å²) in [6, 6.07) is 11.8. The summed E-state index contributed by atoms with van der Waals surface area (Å²) in [5.74, 6) is -0.444. The molecule has 0 radical (unpaired) electrons. The van der Waals surface area contributed by atoms with E-state index in [-0.39, 0.29) is 17.1 Å². The van der Waals surface area contributed by atoms with Gasteiger partial charge in [-0.05, 0) is 42.5 Å². The molecule has 3 N–H and O–H groups in total. The van der Waals surface area contributed by atoms with E-state index in [0.29, 0.717) is 22.5 Å². The molecular weight excluding hydrogens is 351 g/mol. The van der Waals surface area contributed by atoms with Crippen LogP contribution in [0.1, 0.15) is 10.4 Å². The molecule has 9 heteroatoms. The average molecular weight is 364 g/mol. The van der Waals surface area contributed by atoms with E-state index in [2.05, 4.69) is 25.9 Å². The molecule has 2 aromatic heterocycles. The molecule has 0 saturated heterocycles. The highest BCUT2D eigenvalue weighted by Crippen LogP contribution is 2.21. The Labute approximate surface area is 152 Å². The van der Waals surface area contributed by atoms with E-state index in [1.54, 1.807) is 35.1 Å². The molecule has 0 aliphatic rings. The zero-order valence-corrected chi connectivity index (χ0v) is 13.8. The number of phenolic OH excluding ortho intramolecular Hbond substituents is 1. The summed E-state index contributed by atoms with van der Waals surface area (Å²) in [5, 5.41) is 14.3. The van der Waals surface area contributed by atoms with Crippen LogP contribution in [0.4, 0.5) is 10.2 Å². The number of benzene rings is 2. The third-order valence-electron chi connectivity index (χ3n) is 3.84. The highest BCUT2D eigenvalue weighted by molar-refractivity contribution is 5.96. The lowest BCUT2D eigenvalue weighted by Crippen LogP contribution is -2.29. The fourth-order valence-electron chi connectivity index (χ4n) is 2.55. The van der Waals surface area contributed by atoms with Crippen LogP contribution in [0.25, 0.3) is 16.7 Å². The minimum Gasteiger partial charge on any atom is -0.508 e. The normalized spacial score (nSPS) is 10.7. The van der Waals surface area contributed by atoms with Gasteiger partial charge in [0.05, 0.1) is 17.3 Å². The van der Waals surface area contributed by atoms with Gasteiger partial charge in [0.2, 0.25) is 0 Å². The molecule has 0 bridgehead atoms. The Morgan fingerprint density at radius 3 is 2.70 bits per heavy atom. The molecular formula is C18H13FN6O2. The molecule has 0 aliphatic carbocycles. The lowest BCUT2D eigenvalue weighted by molar-refractivity contribution is 0.0962. The fraction of sp³-hybridized carbons (Fsp3) is 0. The molecule has 0 unspecified atom stereocenters. The topological polar surface area (TPSA) is 105 Å². The molecule has 0 spiro atoms. The van der Waals surface area contributed by atoms with Crippen molar-refractivity contribution in [1.29, 1.82) is 0 Å². The van der Waals surface area contributed by atoms with Crippen LogP contribution < -0.4 is 10.9 Å². The monoisotopic (exact) mass is 364 g/mol. The Hall–Kier alpha value is -4.01. The second-order valence-corrected chi connectivity index (χ2v) is 5.62. The van der Waals surface area contributed by atoms with Crippen molar-refractivity contribution in [2.75, 3.05) is 5.43 Å². The molecule has 0 atom stereocenters. The highest BCUT2D eigenvalue weighted by atomic mass is 19.1. The van der Waals surface area contributed by atoms with Gasteiger partial charge in [-0.3, -0.25) is 15.6 Å². The van der Waals surface area contributed by atoms with Crippen molar-refractivity contribution in [3.63, 3.8) is 0 Å². The van der Waals surface area contributed by atoms with Crippen molar-refractivity contribution in [3.8, 4) is 11.4 Å². The first-order chi connectivity index (χ1) is 13.1. The number of fused-ring (bicyclic) bond motifs is 1. The maximum Gasteiger partial charge on any atom is 0.269 e. The Kier molecular flexibility index (Phi) is 4.09. The summed E-state index contributed by atoms with van der Waals surface area (Å²) >= 11 is 0. The molecule has 4 rings (SSSR count). The van der Waals surface area contributed by atoms with Gasteiger partial charge in [-0.2, -0.15) is 5.10 Å². The van der Waals surface area contributed by atoms with Crippen LogP contribution in [0.5, 0.6) is 5.75 Å². The third-order valence-corrected chi connectivity index (χ3v) is 3.84. The molecule has 0 saturated carbocycles. The number of hydrogen-bond donors (Lipinski definition) is 3. The predicted molar refractivity (Wildman–Crippen MR) is 95.8 cm³/mol. The number of hydrazine groups is 1. The van der Waals surface area contributed by atoms with Gasteiger partial charge in [0, 0.05) is 5.56 Å². The lowest BCUT2D eigenvalue weighted by Gasteiger charge is -2.09. The summed E-state index contributed by atoms with van der Waals surface area (Å²) in [4.78, 5) is 20.5. The summed E-state index contributed by atoms with van der Waals surface area (Å²) in [5.41, 5.74) is 6.66. The maximum atomic E-state index is 13.1. The van der Waals surface area contributed by atoms with Crippen LogP contribution in [0.15, 0.2) is 61.1 Å². The van der Waals surface area contributed by atoms with Crippen molar-refractivity contribution in [3.05, 3.63) is 72.4 Å². The second kappa shape index (κ2) is 6.71. The van der Waals surface area contributed by atoms with E-state index < -0.39 is 5.91 Å². The van der Waals surface area contributed by atoms with E-state index in [0.717, 1.165) is 0 Å². The lowest BCUT2D eigenvalue weighted by atomic mass is 10.2. The minimum absolute atomic E-state index is 0.00680. The van der Waals surface area contributed by atoms with Crippen LogP contribution in [-0.4, -0.2) is 30.8 Å². The first kappa shape index (κ1) is 16.5. The predicted octanol–water partition coefficient (Wildman–Crippen LogP) is 2.42. The standard InChI is InChI=1S/C18H13FN6O2/c19-12-4-6-13(7-5-12)25-17-15(9-22-25)16(20-10-21-17)23-24-18(27)11-2-1-3-14(26)8-11/h1-10,26H,(H,24,27)(H,20,21,23). The van der Waals surface area contributed by atoms with Gasteiger partial charge < -0.3 is 5.11 Å². The molecule has 0 fully saturated rings. The zero-order chi connectivity index (χ0) is 18.8. The minimum atomic E-state index is -0.441. The summed E-state index contributed by atoms with van der Waals surface area (Å²) < 4.78 is 14.7. The van der Waals surface area contributed by atoms with Crippen LogP contribution in [0.3, 0.4) is 0 Å². The maximum absolute atomic E-state index is 13.1. The summed E-state index contributed by atoms with van der Waals surface area (Å²) in [6.07, 6.45) is 2.87. The molecule has 4 aromatic rings. The number of halogens is 1. The number of amides is 1. The number of anilines is 1.